The van der Waals surface area contributed by atoms with Crippen LogP contribution in [0, 0.1) is 12.3 Å². The van der Waals surface area contributed by atoms with E-state index in [0.29, 0.717) is 0 Å². The molecule has 0 nitrogen and oxygen atoms in total. The molecule has 2 aliphatic carbocycles. The van der Waals surface area contributed by atoms with Gasteiger partial charge < -0.3 is 0 Å². The molecule has 2 fully saturated rings. The molecule has 2 saturated carbocycles. The predicted octanol–water partition coefficient (Wildman–Crippen LogP) is 6.88. The molecule has 0 N–H and O–H groups in total. The molecule has 0 atom stereocenters. The molecule has 2 heterocycles. The van der Waals surface area contributed by atoms with E-state index < -0.39 is 0 Å². The molecule has 2 aliphatic rings. The fourth-order valence-corrected chi connectivity index (χ4v) is 6.99. The van der Waals surface area contributed by atoms with Crippen LogP contribution in [0.4, 0.5) is 0 Å². The molecule has 108 valence electrons. The summed E-state index contributed by atoms with van der Waals surface area (Å²) in [6.45, 7) is 2.23. The van der Waals surface area contributed by atoms with Crippen molar-refractivity contribution in [3.63, 3.8) is 0 Å². The molecule has 2 heteroatoms. The summed E-state index contributed by atoms with van der Waals surface area (Å²) in [5, 5.41) is 0. The second kappa shape index (κ2) is 5.14. The maximum absolute atomic E-state index is 2.50. The Morgan fingerprint density at radius 1 is 0.900 bits per heavy atom. The third kappa shape index (κ3) is 2.35. The van der Waals surface area contributed by atoms with Crippen molar-refractivity contribution in [2.75, 3.05) is 0 Å². The van der Waals surface area contributed by atoms with Crippen molar-refractivity contribution in [1.82, 2.24) is 0 Å². The van der Waals surface area contributed by atoms with Crippen LogP contribution >= 0.6 is 22.7 Å². The van der Waals surface area contributed by atoms with Crippen LogP contribution in [0.15, 0.2) is 12.1 Å². The fraction of sp³-hybridized carbons (Fsp3) is 0.667. The van der Waals surface area contributed by atoms with Crippen molar-refractivity contribution >= 4 is 32.1 Å². The average molecular weight is 305 g/mol. The lowest BCUT2D eigenvalue weighted by Gasteiger charge is -2.43. The van der Waals surface area contributed by atoms with Crippen molar-refractivity contribution < 1.29 is 0 Å². The first-order chi connectivity index (χ1) is 9.74. The Morgan fingerprint density at radius 3 is 2.30 bits per heavy atom. The summed E-state index contributed by atoms with van der Waals surface area (Å²) in [5.74, 6) is 0.868. The smallest absolute Gasteiger partial charge is 0.0456 e. The van der Waals surface area contributed by atoms with E-state index >= 15 is 0 Å². The second-order valence-electron chi connectivity index (χ2n) is 7.07. The minimum Gasteiger partial charge on any atom is -0.140 e. The third-order valence-electron chi connectivity index (χ3n) is 5.71. The van der Waals surface area contributed by atoms with E-state index in [-0.39, 0.29) is 0 Å². The van der Waals surface area contributed by atoms with Crippen LogP contribution in [0.1, 0.15) is 73.5 Å². The van der Waals surface area contributed by atoms with Crippen LogP contribution in [0.3, 0.4) is 0 Å². The minimum atomic E-state index is 0.764. The highest BCUT2D eigenvalue weighted by molar-refractivity contribution is 7.27. The Kier molecular flexibility index (Phi) is 3.42. The van der Waals surface area contributed by atoms with Crippen molar-refractivity contribution in [3.05, 3.63) is 21.9 Å². The van der Waals surface area contributed by atoms with E-state index in [1.54, 1.807) is 4.88 Å². The monoisotopic (exact) mass is 304 g/mol. The number of thiophene rings is 2. The van der Waals surface area contributed by atoms with E-state index in [0.717, 1.165) is 11.3 Å². The van der Waals surface area contributed by atoms with Crippen molar-refractivity contribution in [3.8, 4) is 0 Å². The van der Waals surface area contributed by atoms with E-state index in [1.165, 1.54) is 72.1 Å². The molecular weight excluding hydrogens is 280 g/mol. The standard InChI is InChI=1S/C18H24S2/c1-13-11-16-17(19-13)12-15(20-16)14-5-9-18(10-6-14)7-3-2-4-8-18/h11-12,14H,2-10H2,1H3. The van der Waals surface area contributed by atoms with Gasteiger partial charge in [-0.2, -0.15) is 0 Å². The molecule has 0 saturated heterocycles. The second-order valence-corrected chi connectivity index (χ2v) is 9.47. The number of rotatable bonds is 1. The highest BCUT2D eigenvalue weighted by Gasteiger charge is 2.36. The average Bonchev–Trinajstić information content (AvgIpc) is 2.98. The van der Waals surface area contributed by atoms with Gasteiger partial charge in [-0.1, -0.05) is 19.3 Å². The van der Waals surface area contributed by atoms with Gasteiger partial charge in [-0.15, -0.1) is 22.7 Å². The van der Waals surface area contributed by atoms with Crippen LogP contribution in [0.25, 0.3) is 9.40 Å². The van der Waals surface area contributed by atoms with Crippen molar-refractivity contribution in [2.24, 2.45) is 5.41 Å². The van der Waals surface area contributed by atoms with Gasteiger partial charge in [0.2, 0.25) is 0 Å². The summed E-state index contributed by atoms with van der Waals surface area (Å²) in [6.07, 6.45) is 13.4. The van der Waals surface area contributed by atoms with Gasteiger partial charge >= 0.3 is 0 Å². The molecule has 0 aromatic carbocycles. The van der Waals surface area contributed by atoms with Gasteiger partial charge in [0.15, 0.2) is 0 Å². The van der Waals surface area contributed by atoms with Crippen LogP contribution in [0.2, 0.25) is 0 Å². The number of aryl methyl sites for hydroxylation is 1. The van der Waals surface area contributed by atoms with E-state index in [2.05, 4.69) is 30.4 Å². The molecule has 0 radical (unpaired) electrons. The van der Waals surface area contributed by atoms with Crippen molar-refractivity contribution in [2.45, 2.75) is 70.6 Å². The Morgan fingerprint density at radius 2 is 1.60 bits per heavy atom. The summed E-state index contributed by atoms with van der Waals surface area (Å²) in [6, 6.07) is 4.88. The first-order valence-corrected chi connectivity index (χ1v) is 9.87. The molecule has 1 spiro atoms. The van der Waals surface area contributed by atoms with Crippen LogP contribution < -0.4 is 0 Å². The molecule has 2 aromatic rings. The SMILES string of the molecule is Cc1cc2sc(C3CCC4(CCCCC4)CC3)cc2s1. The van der Waals surface area contributed by atoms with Gasteiger partial charge in [-0.05, 0) is 68.9 Å². The van der Waals surface area contributed by atoms with Gasteiger partial charge in [0.05, 0.1) is 0 Å². The van der Waals surface area contributed by atoms with Gasteiger partial charge in [0.25, 0.3) is 0 Å². The van der Waals surface area contributed by atoms with Gasteiger partial charge in [0.1, 0.15) is 0 Å². The quantitative estimate of drug-likeness (QED) is 0.538. The summed E-state index contributed by atoms with van der Waals surface area (Å²) >= 11 is 4.04. The van der Waals surface area contributed by atoms with E-state index in [1.807, 2.05) is 11.3 Å². The van der Waals surface area contributed by atoms with Gasteiger partial charge in [0, 0.05) is 19.2 Å². The molecule has 0 bridgehead atoms. The minimum absolute atomic E-state index is 0.764. The molecule has 0 aliphatic heterocycles. The lowest BCUT2D eigenvalue weighted by atomic mass is 9.63. The number of fused-ring (bicyclic) bond motifs is 1. The van der Waals surface area contributed by atoms with Gasteiger partial charge in [-0.25, -0.2) is 0 Å². The van der Waals surface area contributed by atoms with Crippen LogP contribution in [-0.4, -0.2) is 0 Å². The molecule has 2 aromatic heterocycles. The maximum atomic E-state index is 2.50. The van der Waals surface area contributed by atoms with Gasteiger partial charge in [-0.3, -0.25) is 0 Å². The zero-order valence-electron chi connectivity index (χ0n) is 12.4. The van der Waals surface area contributed by atoms with Crippen LogP contribution in [-0.2, 0) is 0 Å². The third-order valence-corrected chi connectivity index (χ3v) is 8.08. The van der Waals surface area contributed by atoms with Crippen molar-refractivity contribution in [1.29, 1.82) is 0 Å². The fourth-order valence-electron chi connectivity index (χ4n) is 4.49. The first-order valence-electron chi connectivity index (χ1n) is 8.24. The Labute approximate surface area is 130 Å². The lowest BCUT2D eigenvalue weighted by molar-refractivity contribution is 0.115. The highest BCUT2D eigenvalue weighted by Crippen LogP contribution is 2.52. The molecule has 0 unspecified atom stereocenters. The molecular formula is C18H24S2. The summed E-state index contributed by atoms with van der Waals surface area (Å²) in [7, 11) is 0. The number of hydrogen-bond donors (Lipinski definition) is 0. The summed E-state index contributed by atoms with van der Waals surface area (Å²) < 4.78 is 3.06. The largest absolute Gasteiger partial charge is 0.140 e. The first kappa shape index (κ1) is 13.3. The van der Waals surface area contributed by atoms with E-state index in [4.69, 9.17) is 0 Å². The molecule has 4 rings (SSSR count). The summed E-state index contributed by atoms with van der Waals surface area (Å²) in [4.78, 5) is 3.14. The topological polar surface area (TPSA) is 0 Å². The predicted molar refractivity (Wildman–Crippen MR) is 91.2 cm³/mol. The lowest BCUT2D eigenvalue weighted by Crippen LogP contribution is -2.28. The maximum Gasteiger partial charge on any atom is 0.0456 e. The zero-order valence-corrected chi connectivity index (χ0v) is 14.0. The normalized spacial score (nSPS) is 23.6. The highest BCUT2D eigenvalue weighted by atomic mass is 32.1. The molecule has 20 heavy (non-hydrogen) atoms. The Hall–Kier alpha value is -0.340. The Balaban J connectivity index is 1.49. The zero-order chi connectivity index (χ0) is 13.6. The Bertz CT molecular complexity index is 556. The van der Waals surface area contributed by atoms with Crippen LogP contribution in [0.5, 0.6) is 0 Å². The molecule has 0 amide bonds. The number of hydrogen-bond acceptors (Lipinski definition) is 2. The van der Waals surface area contributed by atoms with E-state index in [9.17, 15) is 0 Å². The summed E-state index contributed by atoms with van der Waals surface area (Å²) in [5.41, 5.74) is 0.764.